The second-order valence-corrected chi connectivity index (χ2v) is 8.45. The van der Waals surface area contributed by atoms with Crippen molar-refractivity contribution in [3.63, 3.8) is 0 Å². The molecule has 0 spiro atoms. The number of nitrogens with one attached hydrogen (secondary N) is 1. The van der Waals surface area contributed by atoms with Gasteiger partial charge in [-0.05, 0) is 49.6 Å². The highest BCUT2D eigenvalue weighted by atomic mass is 35.5. The van der Waals surface area contributed by atoms with Gasteiger partial charge in [0.25, 0.3) is 0 Å². The van der Waals surface area contributed by atoms with E-state index in [1.165, 1.54) is 0 Å². The first-order valence-electron chi connectivity index (χ1n) is 10.0. The molecule has 8 heteroatoms. The second kappa shape index (κ2) is 10.5. The molecule has 2 aliphatic heterocycles. The lowest BCUT2D eigenvalue weighted by Crippen LogP contribution is -2.51. The minimum atomic E-state index is -0.404. The number of carbonyl (C=O) groups excluding carboxylic acids is 2. The number of nitrogens with zero attached hydrogens (tertiary/aromatic N) is 2. The van der Waals surface area contributed by atoms with E-state index >= 15 is 0 Å². The Balaban J connectivity index is 1.68. The number of piperazine rings is 1. The Kier molecular flexibility index (Phi) is 8.09. The first-order chi connectivity index (χ1) is 13.9. The van der Waals surface area contributed by atoms with Crippen molar-refractivity contribution in [3.8, 4) is 0 Å². The van der Waals surface area contributed by atoms with Gasteiger partial charge in [0.15, 0.2) is 5.78 Å². The largest absolute Gasteiger partial charge is 0.392 e. The monoisotopic (exact) mass is 439 g/mol. The van der Waals surface area contributed by atoms with Crippen LogP contribution in [-0.4, -0.2) is 78.0 Å². The van der Waals surface area contributed by atoms with Gasteiger partial charge in [-0.2, -0.15) is 0 Å². The van der Waals surface area contributed by atoms with Gasteiger partial charge in [-0.25, -0.2) is 0 Å². The summed E-state index contributed by atoms with van der Waals surface area (Å²) < 4.78 is 0. The highest BCUT2D eigenvalue weighted by molar-refractivity contribution is 6.42. The molecule has 0 saturated carbocycles. The number of piperidine rings is 1. The maximum absolute atomic E-state index is 13.0. The van der Waals surface area contributed by atoms with Crippen molar-refractivity contribution in [2.45, 2.75) is 31.4 Å². The molecule has 0 aliphatic carbocycles. The summed E-state index contributed by atoms with van der Waals surface area (Å²) in [5, 5.41) is 13.8. The summed E-state index contributed by atoms with van der Waals surface area (Å²) >= 11 is 12.0. The number of aliphatic hydroxyl groups excluding tert-OH is 1. The number of likely N-dealkylation sites (tertiary alicyclic amines) is 1. The van der Waals surface area contributed by atoms with Crippen LogP contribution < -0.4 is 5.32 Å². The maximum atomic E-state index is 13.0. The lowest BCUT2D eigenvalue weighted by molar-refractivity contribution is -0.124. The van der Waals surface area contributed by atoms with E-state index in [9.17, 15) is 14.7 Å². The molecule has 1 aromatic rings. The fourth-order valence-corrected chi connectivity index (χ4v) is 4.17. The van der Waals surface area contributed by atoms with Crippen molar-refractivity contribution in [3.05, 3.63) is 39.9 Å². The minimum Gasteiger partial charge on any atom is -0.392 e. The van der Waals surface area contributed by atoms with Gasteiger partial charge >= 0.3 is 0 Å². The first kappa shape index (κ1) is 22.2. The number of halogens is 2. The smallest absolute Gasteiger partial charge is 0.234 e. The van der Waals surface area contributed by atoms with Crippen LogP contribution in [0.2, 0.25) is 10.0 Å². The average molecular weight is 440 g/mol. The maximum Gasteiger partial charge on any atom is 0.234 e. The van der Waals surface area contributed by atoms with E-state index < -0.39 is 6.10 Å². The van der Waals surface area contributed by atoms with E-state index in [-0.39, 0.29) is 17.7 Å². The van der Waals surface area contributed by atoms with Crippen LogP contribution in [0.3, 0.4) is 0 Å². The van der Waals surface area contributed by atoms with Crippen LogP contribution >= 0.6 is 23.2 Å². The Labute approximate surface area is 181 Å². The van der Waals surface area contributed by atoms with Crippen LogP contribution in [0, 0.1) is 0 Å². The first-order valence-corrected chi connectivity index (χ1v) is 10.8. The second-order valence-electron chi connectivity index (χ2n) is 7.63. The summed E-state index contributed by atoms with van der Waals surface area (Å²) in [6.45, 7) is 3.73. The molecule has 2 atom stereocenters. The molecular weight excluding hydrogens is 413 g/mol. The third-order valence-electron chi connectivity index (χ3n) is 5.42. The molecule has 2 aliphatic rings. The van der Waals surface area contributed by atoms with Crippen LogP contribution in [0.5, 0.6) is 0 Å². The molecule has 2 N–H and O–H groups in total. The molecule has 2 fully saturated rings. The van der Waals surface area contributed by atoms with E-state index in [1.807, 2.05) is 6.07 Å². The molecule has 0 aromatic heterocycles. The number of ketones is 1. The van der Waals surface area contributed by atoms with Gasteiger partial charge in [-0.3, -0.25) is 19.4 Å². The van der Waals surface area contributed by atoms with E-state index in [0.29, 0.717) is 42.6 Å². The van der Waals surface area contributed by atoms with Crippen molar-refractivity contribution in [1.29, 1.82) is 0 Å². The SMILES string of the molecule is O=C1CN(CCC(C(=O)/C=C/c2ccc(Cl)c(Cl)c2)N2CCCC(O)C2)CCN1. The van der Waals surface area contributed by atoms with Crippen LogP contribution in [0.1, 0.15) is 24.8 Å². The molecule has 6 nitrogen and oxygen atoms in total. The number of rotatable bonds is 7. The van der Waals surface area contributed by atoms with Crippen molar-refractivity contribution in [2.24, 2.45) is 0 Å². The van der Waals surface area contributed by atoms with E-state index in [1.54, 1.807) is 24.3 Å². The third kappa shape index (κ3) is 6.52. The van der Waals surface area contributed by atoms with Gasteiger partial charge in [0.05, 0.1) is 28.7 Å². The fraction of sp³-hybridized carbons (Fsp3) is 0.524. The molecule has 2 unspecified atom stereocenters. The molecule has 1 aromatic carbocycles. The molecule has 2 saturated heterocycles. The molecule has 29 heavy (non-hydrogen) atoms. The minimum absolute atomic E-state index is 0.00775. The lowest BCUT2D eigenvalue weighted by Gasteiger charge is -2.36. The predicted octanol–water partition coefficient (Wildman–Crippen LogP) is 2.22. The summed E-state index contributed by atoms with van der Waals surface area (Å²) in [5.41, 5.74) is 0.804. The zero-order chi connectivity index (χ0) is 20.8. The summed E-state index contributed by atoms with van der Waals surface area (Å²) in [6.07, 6.45) is 5.17. The number of carbonyl (C=O) groups is 2. The molecule has 3 rings (SSSR count). The summed E-state index contributed by atoms with van der Waals surface area (Å²) in [4.78, 5) is 28.8. The topological polar surface area (TPSA) is 72.9 Å². The van der Waals surface area contributed by atoms with Crippen LogP contribution in [-0.2, 0) is 9.59 Å². The lowest BCUT2D eigenvalue weighted by atomic mass is 10.00. The highest BCUT2D eigenvalue weighted by Crippen LogP contribution is 2.23. The molecule has 0 radical (unpaired) electrons. The van der Waals surface area contributed by atoms with Crippen molar-refractivity contribution in [2.75, 3.05) is 39.3 Å². The van der Waals surface area contributed by atoms with Crippen molar-refractivity contribution >= 4 is 41.0 Å². The van der Waals surface area contributed by atoms with E-state index in [4.69, 9.17) is 23.2 Å². The summed E-state index contributed by atoms with van der Waals surface area (Å²) in [5.74, 6) is 0.0127. The quantitative estimate of drug-likeness (QED) is 0.637. The molecule has 0 bridgehead atoms. The summed E-state index contributed by atoms with van der Waals surface area (Å²) in [7, 11) is 0. The highest BCUT2D eigenvalue weighted by Gasteiger charge is 2.29. The molecule has 1 amide bonds. The Morgan fingerprint density at radius 1 is 1.31 bits per heavy atom. The van der Waals surface area contributed by atoms with Gasteiger partial charge in [-0.15, -0.1) is 0 Å². The molecular formula is C21H27Cl2N3O3. The van der Waals surface area contributed by atoms with Gasteiger partial charge in [0, 0.05) is 26.2 Å². The number of β-amino-alcohol motifs (C(OH)–C–C–N with tert-alkyl or cyclic N) is 1. The van der Waals surface area contributed by atoms with Gasteiger partial charge < -0.3 is 10.4 Å². The summed E-state index contributed by atoms with van der Waals surface area (Å²) in [6, 6.07) is 4.91. The number of amides is 1. The number of hydrogen-bond acceptors (Lipinski definition) is 5. The van der Waals surface area contributed by atoms with E-state index in [0.717, 1.165) is 31.5 Å². The Morgan fingerprint density at radius 3 is 2.86 bits per heavy atom. The number of benzene rings is 1. The number of hydrogen-bond donors (Lipinski definition) is 2. The molecule has 2 heterocycles. The zero-order valence-electron chi connectivity index (χ0n) is 16.3. The van der Waals surface area contributed by atoms with Gasteiger partial charge in [-0.1, -0.05) is 35.3 Å². The fourth-order valence-electron chi connectivity index (χ4n) is 3.86. The zero-order valence-corrected chi connectivity index (χ0v) is 17.8. The van der Waals surface area contributed by atoms with Crippen molar-refractivity contribution < 1.29 is 14.7 Å². The Hall–Kier alpha value is -1.44. The van der Waals surface area contributed by atoms with Crippen LogP contribution in [0.25, 0.3) is 6.08 Å². The average Bonchev–Trinajstić information content (AvgIpc) is 2.69. The normalized spacial score (nSPS) is 22.6. The van der Waals surface area contributed by atoms with Crippen molar-refractivity contribution in [1.82, 2.24) is 15.1 Å². The van der Waals surface area contributed by atoms with Gasteiger partial charge in [0.1, 0.15) is 0 Å². The Bertz CT molecular complexity index is 772. The van der Waals surface area contributed by atoms with Crippen LogP contribution in [0.15, 0.2) is 24.3 Å². The van der Waals surface area contributed by atoms with Gasteiger partial charge in [0.2, 0.25) is 5.91 Å². The molecule has 158 valence electrons. The third-order valence-corrected chi connectivity index (χ3v) is 6.16. The standard InChI is InChI=1S/C21H27Cl2N3O3/c22-17-5-3-15(12-18(17)23)4-6-20(28)19(26-9-1-2-16(27)13-26)7-10-25-11-8-24-21(29)14-25/h3-6,12,16,19,27H,1-2,7-11,13-14H2,(H,24,29)/b6-4+. The number of aliphatic hydroxyl groups is 1. The van der Waals surface area contributed by atoms with E-state index in [2.05, 4.69) is 15.1 Å². The van der Waals surface area contributed by atoms with Crippen LogP contribution in [0.4, 0.5) is 0 Å². The Morgan fingerprint density at radius 2 is 2.14 bits per heavy atom. The predicted molar refractivity (Wildman–Crippen MR) is 115 cm³/mol.